The van der Waals surface area contributed by atoms with Crippen LogP contribution in [0.5, 0.6) is 0 Å². The number of nitrogens with one attached hydrogen (secondary N) is 2. The first-order valence-electron chi connectivity index (χ1n) is 25.0. The molecule has 0 saturated heterocycles. The van der Waals surface area contributed by atoms with Gasteiger partial charge in [0.15, 0.2) is 6.54 Å². The van der Waals surface area contributed by atoms with Crippen molar-refractivity contribution in [1.82, 2.24) is 5.32 Å². The summed E-state index contributed by atoms with van der Waals surface area (Å²) in [4.78, 5) is 45.1. The van der Waals surface area contributed by atoms with Crippen LogP contribution in [0.15, 0.2) is 155 Å². The van der Waals surface area contributed by atoms with Gasteiger partial charge in [0.2, 0.25) is 17.2 Å². The summed E-state index contributed by atoms with van der Waals surface area (Å²) in [6.07, 6.45) is 21.1. The normalized spacial score (nSPS) is 21.1. The SMILES string of the molecule is CCC(C)CN(c1ccc(C(C)CC)cc1)c1ccc(C2=C(O)/C(=C3C=C/C(=[N+](\CC(C)CC)c4ccc(C(C)CC)cc4)C=C\3NC(=O)C3=CC=CC3C)C2=O)c(NC(=O)C2=CC=CC2C)c1. The van der Waals surface area contributed by atoms with E-state index in [4.69, 9.17) is 0 Å². The zero-order valence-electron chi connectivity index (χ0n) is 41.8. The molecule has 0 aliphatic heterocycles. The summed E-state index contributed by atoms with van der Waals surface area (Å²) in [6.45, 7) is 23.1. The Morgan fingerprint density at radius 3 is 1.78 bits per heavy atom. The number of hydrogen-bond donors (Lipinski definition) is 3. The second kappa shape index (κ2) is 21.6. The first-order valence-corrected chi connectivity index (χ1v) is 25.0. The Morgan fingerprint density at radius 2 is 1.25 bits per heavy atom. The molecule has 0 aromatic heterocycles. The quantitative estimate of drug-likeness (QED) is 0.0872. The fourth-order valence-electron chi connectivity index (χ4n) is 9.10. The monoisotopic (exact) mass is 912 g/mol. The van der Waals surface area contributed by atoms with Gasteiger partial charge in [0.25, 0.3) is 11.8 Å². The van der Waals surface area contributed by atoms with Crippen molar-refractivity contribution < 1.29 is 24.1 Å². The number of aliphatic hydroxyl groups excluding tert-OH is 1. The average molecular weight is 912 g/mol. The molecule has 4 aliphatic rings. The Morgan fingerprint density at radius 1 is 0.691 bits per heavy atom. The van der Waals surface area contributed by atoms with Crippen LogP contribution in [0.25, 0.3) is 5.57 Å². The summed E-state index contributed by atoms with van der Waals surface area (Å²) < 4.78 is 2.26. The molecule has 0 heterocycles. The van der Waals surface area contributed by atoms with Crippen molar-refractivity contribution in [2.24, 2.45) is 23.7 Å². The molecule has 0 spiro atoms. The second-order valence-electron chi connectivity index (χ2n) is 19.4. The minimum absolute atomic E-state index is 0.0777. The molecule has 3 aromatic rings. The van der Waals surface area contributed by atoms with E-state index in [0.29, 0.717) is 57.3 Å². The van der Waals surface area contributed by atoms with Gasteiger partial charge in [-0.3, -0.25) is 14.4 Å². The van der Waals surface area contributed by atoms with Crippen LogP contribution in [0.4, 0.5) is 22.7 Å². The lowest BCUT2D eigenvalue weighted by Gasteiger charge is -2.31. The van der Waals surface area contributed by atoms with Gasteiger partial charge in [0.05, 0.1) is 22.5 Å². The van der Waals surface area contributed by atoms with E-state index < -0.39 is 0 Å². The van der Waals surface area contributed by atoms with E-state index in [1.54, 1.807) is 0 Å². The van der Waals surface area contributed by atoms with Crippen molar-refractivity contribution >= 4 is 51.6 Å². The van der Waals surface area contributed by atoms with E-state index in [0.717, 1.165) is 61.5 Å². The van der Waals surface area contributed by atoms with E-state index in [2.05, 4.69) is 124 Å². The van der Waals surface area contributed by atoms with Crippen LogP contribution in [0.2, 0.25) is 0 Å². The Bertz CT molecular complexity index is 2720. The molecule has 0 bridgehead atoms. The third kappa shape index (κ3) is 10.4. The van der Waals surface area contributed by atoms with Crippen molar-refractivity contribution in [3.63, 3.8) is 0 Å². The standard InChI is InChI=1S/C60H70N4O4/c1-11-37(5)35-63(45-25-21-43(22-26-45)39(7)13-3)47-29-31-51(53(33-47)61-59(67)49-19-15-17-41(49)9)55-57(65)56(58(55)66)52-32-30-48(34-54(52)62-60(68)50-20-16-18-42(50)10)64(36-38(6)12-2)46-27-23-44(24-28-46)40(8)14-4/h15-34,37-42H,11-14,35-36H2,1-10H3,(H2,61,62,65,66,67,68)/p+1. The van der Waals surface area contributed by atoms with Crippen LogP contribution in [0, 0.1) is 23.7 Å². The van der Waals surface area contributed by atoms with Crippen molar-refractivity contribution in [3.05, 3.63) is 172 Å². The highest BCUT2D eigenvalue weighted by Crippen LogP contribution is 2.44. The molecule has 2 amide bonds. The zero-order chi connectivity index (χ0) is 48.8. The highest BCUT2D eigenvalue weighted by atomic mass is 16.3. The number of carbonyl (C=O) groups excluding carboxylic acids is 3. The van der Waals surface area contributed by atoms with Crippen LogP contribution in [-0.2, 0) is 14.4 Å². The van der Waals surface area contributed by atoms with E-state index in [9.17, 15) is 19.5 Å². The Balaban J connectivity index is 1.35. The number of benzene rings is 3. The number of carbonyl (C=O) groups is 3. The Labute approximate surface area is 405 Å². The molecular weight excluding hydrogens is 841 g/mol. The molecule has 8 heteroatoms. The molecule has 0 fully saturated rings. The number of aliphatic hydroxyl groups is 1. The summed E-state index contributed by atoms with van der Waals surface area (Å²) in [5.74, 6) is 0.322. The molecule has 354 valence electrons. The van der Waals surface area contributed by atoms with Crippen molar-refractivity contribution in [1.29, 1.82) is 0 Å². The van der Waals surface area contributed by atoms with Crippen molar-refractivity contribution in [3.8, 4) is 0 Å². The number of anilines is 3. The van der Waals surface area contributed by atoms with E-state index >= 15 is 0 Å². The van der Waals surface area contributed by atoms with Crippen LogP contribution >= 0.6 is 0 Å². The maximum Gasteiger partial charge on any atom is 0.252 e. The maximum absolute atomic E-state index is 14.8. The molecule has 68 heavy (non-hydrogen) atoms. The summed E-state index contributed by atoms with van der Waals surface area (Å²) in [5, 5.41) is 18.5. The van der Waals surface area contributed by atoms with Gasteiger partial charge in [-0.05, 0) is 84.6 Å². The van der Waals surface area contributed by atoms with Crippen LogP contribution < -0.4 is 15.5 Å². The highest BCUT2D eigenvalue weighted by molar-refractivity contribution is 6.40. The van der Waals surface area contributed by atoms with Crippen LogP contribution in [-0.4, -0.2) is 46.1 Å². The van der Waals surface area contributed by atoms with Gasteiger partial charge in [-0.1, -0.05) is 136 Å². The minimum atomic E-state index is -0.381. The fraction of sp³-hybridized carbons (Fsp3) is 0.367. The topological polar surface area (TPSA) is 102 Å². The highest BCUT2D eigenvalue weighted by Gasteiger charge is 2.40. The summed E-state index contributed by atoms with van der Waals surface area (Å²) in [5.41, 5.74) is 9.44. The number of hydrogen-bond acceptors (Lipinski definition) is 5. The molecule has 7 rings (SSSR count). The molecule has 8 nitrogen and oxygen atoms in total. The maximum atomic E-state index is 14.8. The number of nitrogens with zero attached hydrogens (tertiary/aromatic N) is 2. The van der Waals surface area contributed by atoms with E-state index in [1.165, 1.54) is 11.1 Å². The van der Waals surface area contributed by atoms with Gasteiger partial charge in [0.1, 0.15) is 5.76 Å². The first kappa shape index (κ1) is 49.4. The first-order chi connectivity index (χ1) is 32.7. The molecule has 3 aromatic carbocycles. The number of Topliss-reactive ketones (excluding diaryl/α,β-unsaturated/α-hetero) is 1. The predicted molar refractivity (Wildman–Crippen MR) is 281 cm³/mol. The van der Waals surface area contributed by atoms with Crippen molar-refractivity contribution in [2.45, 2.75) is 107 Å². The molecule has 6 atom stereocenters. The van der Waals surface area contributed by atoms with Crippen molar-refractivity contribution in [2.75, 3.05) is 23.3 Å². The second-order valence-corrected chi connectivity index (χ2v) is 19.4. The zero-order valence-corrected chi connectivity index (χ0v) is 41.8. The van der Waals surface area contributed by atoms with E-state index in [1.807, 2.05) is 86.7 Å². The molecular formula is C60H71N4O4+. The Hall–Kier alpha value is -6.54. The summed E-state index contributed by atoms with van der Waals surface area (Å²) in [7, 11) is 0. The largest absolute Gasteiger partial charge is 0.506 e. The summed E-state index contributed by atoms with van der Waals surface area (Å²) in [6, 6.07) is 23.1. The van der Waals surface area contributed by atoms with Gasteiger partial charge in [0, 0.05) is 82.2 Å². The Kier molecular flexibility index (Phi) is 15.7. The molecule has 6 unspecified atom stereocenters. The molecule has 0 radical (unpaired) electrons. The number of amides is 2. The van der Waals surface area contributed by atoms with Crippen LogP contribution in [0.1, 0.15) is 123 Å². The van der Waals surface area contributed by atoms with Gasteiger partial charge < -0.3 is 20.6 Å². The van der Waals surface area contributed by atoms with Gasteiger partial charge in [-0.2, -0.15) is 4.58 Å². The average Bonchev–Trinajstić information content (AvgIpc) is 4.00. The number of rotatable bonds is 18. The van der Waals surface area contributed by atoms with Gasteiger partial charge in [-0.15, -0.1) is 0 Å². The van der Waals surface area contributed by atoms with Crippen LogP contribution in [0.3, 0.4) is 0 Å². The molecule has 0 saturated carbocycles. The van der Waals surface area contributed by atoms with E-state index in [-0.39, 0.29) is 46.3 Å². The fourth-order valence-corrected chi connectivity index (χ4v) is 9.10. The lowest BCUT2D eigenvalue weighted by Crippen LogP contribution is -2.32. The van der Waals surface area contributed by atoms with Gasteiger partial charge >= 0.3 is 0 Å². The third-order valence-corrected chi connectivity index (χ3v) is 14.6. The molecule has 3 N–H and O–H groups in total. The third-order valence-electron chi connectivity index (χ3n) is 14.6. The lowest BCUT2D eigenvalue weighted by molar-refractivity contribution is -0.447. The van der Waals surface area contributed by atoms with Gasteiger partial charge in [-0.25, -0.2) is 0 Å². The number of allylic oxidation sites excluding steroid dienone is 11. The molecule has 4 aliphatic carbocycles. The minimum Gasteiger partial charge on any atom is -0.506 e. The lowest BCUT2D eigenvalue weighted by atomic mass is 9.78. The smallest absolute Gasteiger partial charge is 0.252 e. The number of ketones is 1. The summed E-state index contributed by atoms with van der Waals surface area (Å²) >= 11 is 0. The predicted octanol–water partition coefficient (Wildman–Crippen LogP) is 13.7.